The Kier molecular flexibility index (Phi) is 6.22. The first kappa shape index (κ1) is 21.6. The highest BCUT2D eigenvalue weighted by Crippen LogP contribution is 2.45. The Hall–Kier alpha value is -2.08. The van der Waals surface area contributed by atoms with E-state index in [0.717, 1.165) is 32.4 Å². The summed E-state index contributed by atoms with van der Waals surface area (Å²) in [5.41, 5.74) is 1.92. The Morgan fingerprint density at radius 2 is 1.83 bits per heavy atom. The topological polar surface area (TPSA) is 61.9 Å². The number of nitrogens with one attached hydrogen (secondary N) is 1. The van der Waals surface area contributed by atoms with Gasteiger partial charge in [-0.1, -0.05) is 24.3 Å². The summed E-state index contributed by atoms with van der Waals surface area (Å²) in [6.45, 7) is 12.7. The van der Waals surface area contributed by atoms with Crippen molar-refractivity contribution in [1.29, 1.82) is 0 Å². The van der Waals surface area contributed by atoms with Gasteiger partial charge in [0.05, 0.1) is 5.54 Å². The summed E-state index contributed by atoms with van der Waals surface area (Å²) in [5, 5.41) is 3.09. The molecule has 1 aromatic rings. The van der Waals surface area contributed by atoms with Crippen LogP contribution in [-0.2, 0) is 21.5 Å². The average Bonchev–Trinajstić information content (AvgIpc) is 3.39. The molecule has 2 fully saturated rings. The number of piperazine rings is 1. The van der Waals surface area contributed by atoms with E-state index < -0.39 is 5.60 Å². The number of ether oxygens (including phenoxy) is 1. The maximum absolute atomic E-state index is 12.3. The van der Waals surface area contributed by atoms with Crippen molar-refractivity contribution in [3.63, 3.8) is 0 Å². The van der Waals surface area contributed by atoms with Gasteiger partial charge in [0.15, 0.2) is 0 Å². The lowest BCUT2D eigenvalue weighted by Crippen LogP contribution is -2.54. The smallest absolute Gasteiger partial charge is 0.410 e. The van der Waals surface area contributed by atoms with Gasteiger partial charge in [-0.15, -0.1) is 0 Å². The molecule has 1 atom stereocenters. The fourth-order valence-corrected chi connectivity index (χ4v) is 4.03. The second kappa shape index (κ2) is 8.34. The van der Waals surface area contributed by atoms with Crippen LogP contribution in [0.25, 0.3) is 0 Å². The highest BCUT2D eigenvalue weighted by Gasteiger charge is 2.44. The van der Waals surface area contributed by atoms with Gasteiger partial charge in [0.2, 0.25) is 5.91 Å². The Bertz CT molecular complexity index is 735. The lowest BCUT2D eigenvalue weighted by atomic mass is 10.0. The van der Waals surface area contributed by atoms with Crippen molar-refractivity contribution >= 4 is 12.0 Å². The molecule has 3 rings (SSSR count). The quantitative estimate of drug-likeness (QED) is 0.822. The highest BCUT2D eigenvalue weighted by atomic mass is 16.6. The van der Waals surface area contributed by atoms with Crippen LogP contribution in [0.3, 0.4) is 0 Å². The molecule has 1 saturated heterocycles. The number of benzene rings is 1. The first-order valence-corrected chi connectivity index (χ1v) is 10.7. The van der Waals surface area contributed by atoms with Crippen LogP contribution in [-0.4, -0.2) is 59.6 Å². The summed E-state index contributed by atoms with van der Waals surface area (Å²) in [6, 6.07) is 8.98. The molecule has 2 amide bonds. The van der Waals surface area contributed by atoms with E-state index in [9.17, 15) is 9.59 Å². The number of hydrogen-bond donors (Lipinski definition) is 1. The van der Waals surface area contributed by atoms with Crippen molar-refractivity contribution in [3.8, 4) is 0 Å². The van der Waals surface area contributed by atoms with E-state index >= 15 is 0 Å². The minimum absolute atomic E-state index is 0.0334. The standard InChI is InChI=1S/C23H35N3O3/c1-17-16-26(21(28)29-22(3,4)5)15-14-25(17)13-10-19-6-8-20(9-7-19)23(11-12-23)24-18(2)27/h6-9,17H,10-16H2,1-5H3,(H,24,27). The molecule has 0 radical (unpaired) electrons. The van der Waals surface area contributed by atoms with Crippen molar-refractivity contribution in [2.45, 2.75) is 71.1 Å². The van der Waals surface area contributed by atoms with Crippen molar-refractivity contribution in [1.82, 2.24) is 15.1 Å². The van der Waals surface area contributed by atoms with Crippen LogP contribution in [0.5, 0.6) is 0 Å². The number of carbonyl (C=O) groups excluding carboxylic acids is 2. The SMILES string of the molecule is CC(=O)NC1(c2ccc(CCN3CCN(C(=O)OC(C)(C)C)CC3C)cc2)CC1. The van der Waals surface area contributed by atoms with E-state index in [1.165, 1.54) is 11.1 Å². The van der Waals surface area contributed by atoms with Gasteiger partial charge in [0, 0.05) is 39.1 Å². The zero-order valence-corrected chi connectivity index (χ0v) is 18.5. The van der Waals surface area contributed by atoms with Crippen LogP contribution in [0.4, 0.5) is 4.79 Å². The number of rotatable bonds is 5. The third kappa shape index (κ3) is 5.72. The lowest BCUT2D eigenvalue weighted by molar-refractivity contribution is -0.120. The molecule has 1 saturated carbocycles. The molecule has 1 N–H and O–H groups in total. The summed E-state index contributed by atoms with van der Waals surface area (Å²) in [7, 11) is 0. The first-order chi connectivity index (χ1) is 13.6. The van der Waals surface area contributed by atoms with Crippen molar-refractivity contribution < 1.29 is 14.3 Å². The van der Waals surface area contributed by atoms with Crippen molar-refractivity contribution in [2.75, 3.05) is 26.2 Å². The Labute approximate surface area is 174 Å². The van der Waals surface area contributed by atoms with Gasteiger partial charge in [-0.3, -0.25) is 9.69 Å². The average molecular weight is 402 g/mol. The van der Waals surface area contributed by atoms with E-state index in [0.29, 0.717) is 19.1 Å². The maximum atomic E-state index is 12.3. The summed E-state index contributed by atoms with van der Waals surface area (Å²) in [4.78, 5) is 28.0. The second-order valence-corrected chi connectivity index (χ2v) is 9.52. The number of carbonyl (C=O) groups is 2. The molecule has 1 aliphatic carbocycles. The molecule has 1 heterocycles. The Balaban J connectivity index is 1.48. The molecule has 6 nitrogen and oxygen atoms in total. The molecular weight excluding hydrogens is 366 g/mol. The normalized spacial score (nSPS) is 21.6. The number of amides is 2. The summed E-state index contributed by atoms with van der Waals surface area (Å²) in [5.74, 6) is 0.0334. The zero-order chi connectivity index (χ0) is 21.2. The predicted molar refractivity (Wildman–Crippen MR) is 114 cm³/mol. The van der Waals surface area contributed by atoms with E-state index in [1.807, 2.05) is 25.7 Å². The molecule has 1 unspecified atom stereocenters. The van der Waals surface area contributed by atoms with Crippen molar-refractivity contribution in [2.24, 2.45) is 0 Å². The summed E-state index contributed by atoms with van der Waals surface area (Å²) < 4.78 is 5.50. The molecular formula is C23H35N3O3. The van der Waals surface area contributed by atoms with Crippen LogP contribution >= 0.6 is 0 Å². The molecule has 0 spiro atoms. The largest absolute Gasteiger partial charge is 0.444 e. The van der Waals surface area contributed by atoms with E-state index in [4.69, 9.17) is 4.74 Å². The molecule has 160 valence electrons. The van der Waals surface area contributed by atoms with Gasteiger partial charge in [-0.2, -0.15) is 0 Å². The summed E-state index contributed by atoms with van der Waals surface area (Å²) in [6.07, 6.45) is 2.80. The predicted octanol–water partition coefficient (Wildman–Crippen LogP) is 3.30. The van der Waals surface area contributed by atoms with Crippen molar-refractivity contribution in [3.05, 3.63) is 35.4 Å². The van der Waals surface area contributed by atoms with E-state index in [-0.39, 0.29) is 17.5 Å². The van der Waals surface area contributed by atoms with E-state index in [1.54, 1.807) is 6.92 Å². The summed E-state index contributed by atoms with van der Waals surface area (Å²) >= 11 is 0. The van der Waals surface area contributed by atoms with Crippen LogP contribution < -0.4 is 5.32 Å². The number of hydrogen-bond acceptors (Lipinski definition) is 4. The Morgan fingerprint density at radius 3 is 2.34 bits per heavy atom. The molecule has 6 heteroatoms. The zero-order valence-electron chi connectivity index (χ0n) is 18.5. The second-order valence-electron chi connectivity index (χ2n) is 9.52. The minimum atomic E-state index is -0.456. The van der Waals surface area contributed by atoms with Gasteiger partial charge in [0.1, 0.15) is 5.60 Å². The fourth-order valence-electron chi connectivity index (χ4n) is 4.03. The first-order valence-electron chi connectivity index (χ1n) is 10.7. The van der Waals surface area contributed by atoms with Crippen LogP contribution in [0, 0.1) is 0 Å². The molecule has 29 heavy (non-hydrogen) atoms. The molecule has 0 aromatic heterocycles. The maximum Gasteiger partial charge on any atom is 0.410 e. The molecule has 1 aromatic carbocycles. The van der Waals surface area contributed by atoms with E-state index in [2.05, 4.69) is 41.4 Å². The van der Waals surface area contributed by atoms with Gasteiger partial charge in [0.25, 0.3) is 0 Å². The monoisotopic (exact) mass is 401 g/mol. The van der Waals surface area contributed by atoms with Gasteiger partial charge in [-0.25, -0.2) is 4.79 Å². The highest BCUT2D eigenvalue weighted by molar-refractivity contribution is 5.74. The Morgan fingerprint density at radius 1 is 1.17 bits per heavy atom. The van der Waals surface area contributed by atoms with Crippen LogP contribution in [0.15, 0.2) is 24.3 Å². The fraction of sp³-hybridized carbons (Fsp3) is 0.652. The van der Waals surface area contributed by atoms with Gasteiger partial charge >= 0.3 is 6.09 Å². The molecule has 0 bridgehead atoms. The van der Waals surface area contributed by atoms with Crippen LogP contribution in [0.2, 0.25) is 0 Å². The van der Waals surface area contributed by atoms with Crippen LogP contribution in [0.1, 0.15) is 58.6 Å². The molecule has 2 aliphatic rings. The molecule has 1 aliphatic heterocycles. The third-order valence-electron chi connectivity index (χ3n) is 5.78. The lowest BCUT2D eigenvalue weighted by Gasteiger charge is -2.40. The third-order valence-corrected chi connectivity index (χ3v) is 5.78. The number of nitrogens with zero attached hydrogens (tertiary/aromatic N) is 2. The van der Waals surface area contributed by atoms with Gasteiger partial charge in [-0.05, 0) is 58.1 Å². The van der Waals surface area contributed by atoms with Gasteiger partial charge < -0.3 is 15.0 Å². The minimum Gasteiger partial charge on any atom is -0.444 e.